The Bertz CT molecular complexity index is 681. The van der Waals surface area contributed by atoms with Crippen molar-refractivity contribution in [3.63, 3.8) is 0 Å². The second-order valence-electron chi connectivity index (χ2n) is 10.4. The van der Waals surface area contributed by atoms with Gasteiger partial charge in [-0.25, -0.2) is 18.3 Å². The molecule has 0 N–H and O–H groups in total. The normalized spacial score (nSPS) is 11.5. The number of hydrogen-bond acceptors (Lipinski definition) is 2. The number of imidazole rings is 2. The summed E-state index contributed by atoms with van der Waals surface area (Å²) in [5, 5.41) is 0. The summed E-state index contributed by atoms with van der Waals surface area (Å²) < 4.78 is 20.5. The maximum absolute atomic E-state index is 5.84. The molecule has 0 bridgehead atoms. The van der Waals surface area contributed by atoms with Gasteiger partial charge in [0.25, 0.3) is 0 Å². The number of nitrogens with zero attached hydrogens (tertiary/aromatic N) is 4. The monoisotopic (exact) mass is 504 g/mol. The molecular weight excluding hydrogens is 448 g/mol. The topological polar surface area (TPSA) is 36.1 Å². The van der Waals surface area contributed by atoms with Crippen molar-refractivity contribution in [3.8, 4) is 0 Å². The van der Waals surface area contributed by atoms with Crippen molar-refractivity contribution in [2.24, 2.45) is 0 Å². The summed E-state index contributed by atoms with van der Waals surface area (Å²) in [6, 6.07) is 0. The van der Waals surface area contributed by atoms with Crippen LogP contribution < -0.4 is 9.13 Å². The maximum Gasteiger partial charge on any atom is 0.245 e. The second kappa shape index (κ2) is 21.4. The summed E-state index contributed by atoms with van der Waals surface area (Å²) in [5.41, 5.74) is 0. The third-order valence-corrected chi connectivity index (χ3v) is 6.84. The van der Waals surface area contributed by atoms with Gasteiger partial charge in [0.15, 0.2) is 13.5 Å². The van der Waals surface area contributed by atoms with E-state index in [0.29, 0.717) is 13.5 Å². The molecule has 0 saturated carbocycles. The van der Waals surface area contributed by atoms with Gasteiger partial charge in [-0.2, -0.15) is 0 Å². The highest BCUT2D eigenvalue weighted by Crippen LogP contribution is 2.08. The van der Waals surface area contributed by atoms with Gasteiger partial charge in [0, 0.05) is 0 Å². The maximum atomic E-state index is 5.84. The fourth-order valence-electron chi connectivity index (χ4n) is 4.55. The van der Waals surface area contributed by atoms with Crippen LogP contribution in [-0.2, 0) is 36.0 Å². The molecule has 206 valence electrons. The first-order valence-electron chi connectivity index (χ1n) is 15.1. The summed E-state index contributed by atoms with van der Waals surface area (Å²) in [6.45, 7) is 9.59. The molecule has 0 amide bonds. The Balaban J connectivity index is 1.39. The van der Waals surface area contributed by atoms with Crippen molar-refractivity contribution >= 4 is 0 Å². The molecule has 36 heavy (non-hydrogen) atoms. The van der Waals surface area contributed by atoms with E-state index >= 15 is 0 Å². The van der Waals surface area contributed by atoms with Gasteiger partial charge in [-0.3, -0.25) is 0 Å². The van der Waals surface area contributed by atoms with E-state index in [1.807, 2.05) is 0 Å². The van der Waals surface area contributed by atoms with Crippen LogP contribution in [-0.4, -0.2) is 22.3 Å². The zero-order valence-electron chi connectivity index (χ0n) is 23.6. The third kappa shape index (κ3) is 15.5. The minimum absolute atomic E-state index is 0.632. The van der Waals surface area contributed by atoms with Crippen LogP contribution in [0.1, 0.15) is 117 Å². The van der Waals surface area contributed by atoms with E-state index in [4.69, 9.17) is 9.47 Å². The predicted molar refractivity (Wildman–Crippen MR) is 146 cm³/mol. The van der Waals surface area contributed by atoms with Crippen molar-refractivity contribution < 1.29 is 18.6 Å². The summed E-state index contributed by atoms with van der Waals surface area (Å²) in [7, 11) is 0. The Kier molecular flexibility index (Phi) is 18.2. The predicted octanol–water partition coefficient (Wildman–Crippen LogP) is 6.79. The lowest BCUT2D eigenvalue weighted by atomic mass is 10.1. The summed E-state index contributed by atoms with van der Waals surface area (Å²) in [6.07, 6.45) is 33.9. The molecule has 2 aromatic rings. The van der Waals surface area contributed by atoms with Crippen molar-refractivity contribution in [1.82, 2.24) is 9.13 Å². The third-order valence-electron chi connectivity index (χ3n) is 6.84. The van der Waals surface area contributed by atoms with Crippen LogP contribution in [0.15, 0.2) is 37.4 Å². The molecular formula is C30H56N4O2+2. The molecule has 2 rings (SSSR count). The van der Waals surface area contributed by atoms with E-state index in [0.717, 1.165) is 39.1 Å². The van der Waals surface area contributed by atoms with E-state index in [1.54, 1.807) is 0 Å². The van der Waals surface area contributed by atoms with E-state index in [2.05, 4.69) is 69.6 Å². The number of hydrogen-bond donors (Lipinski definition) is 0. The molecule has 2 aromatic heterocycles. The molecule has 0 fully saturated rings. The first-order valence-corrected chi connectivity index (χ1v) is 15.1. The average Bonchev–Trinajstić information content (AvgIpc) is 3.54. The highest BCUT2D eigenvalue weighted by Gasteiger charge is 2.05. The van der Waals surface area contributed by atoms with E-state index in [9.17, 15) is 0 Å². The van der Waals surface area contributed by atoms with Gasteiger partial charge in [0.2, 0.25) is 12.7 Å². The molecule has 0 aliphatic rings. The SMILES string of the molecule is CCCCCCCCCn1cc[n+](COCCCCOC[n+]2ccn(CCCCCCCCC)c2)c1. The fraction of sp³-hybridized carbons (Fsp3) is 0.800. The fourth-order valence-corrected chi connectivity index (χ4v) is 4.55. The van der Waals surface area contributed by atoms with Gasteiger partial charge in [0.1, 0.15) is 24.8 Å². The zero-order valence-corrected chi connectivity index (χ0v) is 23.6. The molecule has 2 heterocycles. The first-order chi connectivity index (χ1) is 17.8. The van der Waals surface area contributed by atoms with E-state index in [-0.39, 0.29) is 0 Å². The molecule has 0 atom stereocenters. The minimum atomic E-state index is 0.632. The first kappa shape index (κ1) is 30.6. The number of aryl methyl sites for hydroxylation is 2. The average molecular weight is 505 g/mol. The Labute approximate surface area is 221 Å². The largest absolute Gasteiger partial charge is 0.342 e. The number of ether oxygens (including phenoxy) is 2. The zero-order chi connectivity index (χ0) is 25.5. The number of rotatable bonds is 25. The van der Waals surface area contributed by atoms with Gasteiger partial charge >= 0.3 is 0 Å². The van der Waals surface area contributed by atoms with Crippen molar-refractivity contribution in [3.05, 3.63) is 37.4 Å². The Morgan fingerprint density at radius 1 is 0.500 bits per heavy atom. The van der Waals surface area contributed by atoms with Gasteiger partial charge in [-0.15, -0.1) is 0 Å². The quantitative estimate of drug-likeness (QED) is 0.110. The van der Waals surface area contributed by atoms with Crippen LogP contribution in [0, 0.1) is 0 Å². The molecule has 0 saturated heterocycles. The Morgan fingerprint density at radius 3 is 1.31 bits per heavy atom. The van der Waals surface area contributed by atoms with Crippen LogP contribution >= 0.6 is 0 Å². The van der Waals surface area contributed by atoms with Crippen molar-refractivity contribution in [1.29, 1.82) is 0 Å². The Hall–Kier alpha value is -1.66. The van der Waals surface area contributed by atoms with Gasteiger partial charge < -0.3 is 9.47 Å². The summed E-state index contributed by atoms with van der Waals surface area (Å²) in [4.78, 5) is 0. The Morgan fingerprint density at radius 2 is 0.889 bits per heavy atom. The smallest absolute Gasteiger partial charge is 0.245 e. The number of unbranched alkanes of at least 4 members (excludes halogenated alkanes) is 13. The van der Waals surface area contributed by atoms with Crippen LogP contribution in [0.5, 0.6) is 0 Å². The standard InChI is InChI=1S/C30H56N4O2/c1-3-5-7-9-11-13-15-19-31-21-23-33(27-31)29-35-25-17-18-26-36-30-34-24-22-32(28-34)20-16-14-12-10-8-6-4-2/h21-24,27-28H,3-20,25-26,29-30H2,1-2H3/q+2. The molecule has 0 aliphatic heterocycles. The lowest BCUT2D eigenvalue weighted by molar-refractivity contribution is -0.733. The molecule has 6 nitrogen and oxygen atoms in total. The van der Waals surface area contributed by atoms with Crippen molar-refractivity contribution in [2.75, 3.05) is 13.2 Å². The molecule has 0 aliphatic carbocycles. The van der Waals surface area contributed by atoms with E-state index in [1.165, 1.54) is 89.9 Å². The molecule has 0 aromatic carbocycles. The summed E-state index contributed by atoms with van der Waals surface area (Å²) >= 11 is 0. The number of aromatic nitrogens is 4. The van der Waals surface area contributed by atoms with Crippen LogP contribution in [0.25, 0.3) is 0 Å². The van der Waals surface area contributed by atoms with Crippen LogP contribution in [0.2, 0.25) is 0 Å². The highest BCUT2D eigenvalue weighted by molar-refractivity contribution is 4.66. The van der Waals surface area contributed by atoms with Gasteiger partial charge in [-0.1, -0.05) is 78.1 Å². The van der Waals surface area contributed by atoms with Crippen LogP contribution in [0.3, 0.4) is 0 Å². The summed E-state index contributed by atoms with van der Waals surface area (Å²) in [5.74, 6) is 0. The van der Waals surface area contributed by atoms with Gasteiger partial charge in [-0.05, 0) is 38.5 Å². The van der Waals surface area contributed by atoms with E-state index < -0.39 is 0 Å². The lowest BCUT2D eigenvalue weighted by Gasteiger charge is -2.03. The van der Waals surface area contributed by atoms with Crippen molar-refractivity contribution in [2.45, 2.75) is 143 Å². The highest BCUT2D eigenvalue weighted by atomic mass is 16.5. The lowest BCUT2D eigenvalue weighted by Crippen LogP contribution is -2.33. The molecule has 0 spiro atoms. The van der Waals surface area contributed by atoms with Crippen LogP contribution in [0.4, 0.5) is 0 Å². The molecule has 0 radical (unpaired) electrons. The van der Waals surface area contributed by atoms with Gasteiger partial charge in [0.05, 0.1) is 26.3 Å². The minimum Gasteiger partial charge on any atom is -0.342 e. The second-order valence-corrected chi connectivity index (χ2v) is 10.4. The molecule has 6 heteroatoms. The molecule has 0 unspecified atom stereocenters.